The first-order valence-electron chi connectivity index (χ1n) is 6.13. The summed E-state index contributed by atoms with van der Waals surface area (Å²) in [4.78, 5) is 0. The topological polar surface area (TPSA) is 43.8 Å². The van der Waals surface area contributed by atoms with Crippen molar-refractivity contribution in [1.29, 1.82) is 0 Å². The van der Waals surface area contributed by atoms with Gasteiger partial charge in [-0.25, -0.2) is 0 Å². The van der Waals surface area contributed by atoms with Crippen molar-refractivity contribution in [2.24, 2.45) is 12.8 Å². The molecule has 4 heteroatoms. The predicted octanol–water partition coefficient (Wildman–Crippen LogP) is 2.86. The standard InChI is InChI=1S/C14H18BrN3/c1-18-14(7-8-17-18)6-5-12(10-16)11-3-2-4-13(15)9-11/h2-4,7-9,12H,5-6,10,16H2,1H3. The Balaban J connectivity index is 2.04. The Morgan fingerprint density at radius 1 is 1.39 bits per heavy atom. The van der Waals surface area contributed by atoms with Gasteiger partial charge >= 0.3 is 0 Å². The molecule has 96 valence electrons. The van der Waals surface area contributed by atoms with Gasteiger partial charge in [0.05, 0.1) is 0 Å². The van der Waals surface area contributed by atoms with Gasteiger partial charge in [-0.15, -0.1) is 0 Å². The highest BCUT2D eigenvalue weighted by Gasteiger charge is 2.11. The van der Waals surface area contributed by atoms with E-state index in [1.54, 1.807) is 0 Å². The van der Waals surface area contributed by atoms with Crippen LogP contribution in [0.5, 0.6) is 0 Å². The molecule has 1 atom stereocenters. The minimum atomic E-state index is 0.400. The van der Waals surface area contributed by atoms with E-state index in [4.69, 9.17) is 5.73 Å². The number of halogens is 1. The van der Waals surface area contributed by atoms with Crippen molar-refractivity contribution in [1.82, 2.24) is 9.78 Å². The molecule has 2 rings (SSSR count). The van der Waals surface area contributed by atoms with Gasteiger partial charge in [0.2, 0.25) is 0 Å². The molecule has 1 aromatic carbocycles. The monoisotopic (exact) mass is 307 g/mol. The van der Waals surface area contributed by atoms with Gasteiger partial charge in [-0.3, -0.25) is 4.68 Å². The Hall–Kier alpha value is -1.13. The maximum Gasteiger partial charge on any atom is 0.0492 e. The van der Waals surface area contributed by atoms with Crippen molar-refractivity contribution in [2.45, 2.75) is 18.8 Å². The molecule has 2 aromatic rings. The molecule has 0 bridgehead atoms. The van der Waals surface area contributed by atoms with Gasteiger partial charge in [-0.1, -0.05) is 28.1 Å². The molecule has 3 nitrogen and oxygen atoms in total. The summed E-state index contributed by atoms with van der Waals surface area (Å²) in [5.74, 6) is 0.400. The van der Waals surface area contributed by atoms with Crippen LogP contribution in [0, 0.1) is 0 Å². The third-order valence-electron chi connectivity index (χ3n) is 3.28. The minimum absolute atomic E-state index is 0.400. The summed E-state index contributed by atoms with van der Waals surface area (Å²) in [7, 11) is 1.98. The fraction of sp³-hybridized carbons (Fsp3) is 0.357. The van der Waals surface area contributed by atoms with E-state index in [0.29, 0.717) is 12.5 Å². The van der Waals surface area contributed by atoms with Crippen LogP contribution < -0.4 is 5.73 Å². The second-order valence-corrected chi connectivity index (χ2v) is 5.39. The molecule has 0 amide bonds. The van der Waals surface area contributed by atoms with E-state index >= 15 is 0 Å². The molecule has 18 heavy (non-hydrogen) atoms. The van der Waals surface area contributed by atoms with Gasteiger partial charge in [-0.05, 0) is 49.1 Å². The highest BCUT2D eigenvalue weighted by molar-refractivity contribution is 9.10. The Kier molecular flexibility index (Phi) is 4.55. The molecule has 1 aromatic heterocycles. The maximum absolute atomic E-state index is 5.89. The maximum atomic E-state index is 5.89. The highest BCUT2D eigenvalue weighted by atomic mass is 79.9. The molecule has 0 saturated carbocycles. The lowest BCUT2D eigenvalue weighted by Crippen LogP contribution is -2.14. The summed E-state index contributed by atoms with van der Waals surface area (Å²) in [5, 5.41) is 4.19. The third kappa shape index (κ3) is 3.21. The quantitative estimate of drug-likeness (QED) is 0.923. The van der Waals surface area contributed by atoms with E-state index in [1.807, 2.05) is 24.0 Å². The summed E-state index contributed by atoms with van der Waals surface area (Å²) in [6, 6.07) is 10.5. The molecule has 0 aliphatic heterocycles. The van der Waals surface area contributed by atoms with E-state index in [2.05, 4.69) is 45.3 Å². The van der Waals surface area contributed by atoms with E-state index in [-0.39, 0.29) is 0 Å². The van der Waals surface area contributed by atoms with Crippen molar-refractivity contribution < 1.29 is 0 Å². The molecule has 0 spiro atoms. The van der Waals surface area contributed by atoms with Crippen molar-refractivity contribution >= 4 is 15.9 Å². The van der Waals surface area contributed by atoms with Crippen molar-refractivity contribution in [3.8, 4) is 0 Å². The second kappa shape index (κ2) is 6.16. The van der Waals surface area contributed by atoms with Crippen molar-refractivity contribution in [2.75, 3.05) is 6.54 Å². The van der Waals surface area contributed by atoms with Gasteiger partial charge in [0.25, 0.3) is 0 Å². The summed E-state index contributed by atoms with van der Waals surface area (Å²) in [6.45, 7) is 0.675. The largest absolute Gasteiger partial charge is 0.330 e. The summed E-state index contributed by atoms with van der Waals surface area (Å²) < 4.78 is 3.04. The van der Waals surface area contributed by atoms with Crippen LogP contribution in [0.15, 0.2) is 41.0 Å². The number of nitrogens with zero attached hydrogens (tertiary/aromatic N) is 2. The molecule has 0 aliphatic carbocycles. The van der Waals surface area contributed by atoms with Crippen LogP contribution in [0.1, 0.15) is 23.6 Å². The highest BCUT2D eigenvalue weighted by Crippen LogP contribution is 2.23. The van der Waals surface area contributed by atoms with E-state index in [0.717, 1.165) is 17.3 Å². The third-order valence-corrected chi connectivity index (χ3v) is 3.77. The van der Waals surface area contributed by atoms with Gasteiger partial charge in [-0.2, -0.15) is 5.10 Å². The van der Waals surface area contributed by atoms with E-state index in [1.165, 1.54) is 11.3 Å². The molecule has 0 aliphatic rings. The fourth-order valence-electron chi connectivity index (χ4n) is 2.15. The second-order valence-electron chi connectivity index (χ2n) is 4.47. The zero-order valence-corrected chi connectivity index (χ0v) is 12.1. The number of rotatable bonds is 5. The average molecular weight is 308 g/mol. The number of aromatic nitrogens is 2. The summed E-state index contributed by atoms with van der Waals surface area (Å²) in [5.41, 5.74) is 8.45. The number of hydrogen-bond donors (Lipinski definition) is 1. The molecule has 1 unspecified atom stereocenters. The van der Waals surface area contributed by atoms with Crippen LogP contribution in [-0.2, 0) is 13.5 Å². The zero-order chi connectivity index (χ0) is 13.0. The average Bonchev–Trinajstić information content (AvgIpc) is 2.76. The molecular weight excluding hydrogens is 290 g/mol. The van der Waals surface area contributed by atoms with Crippen LogP contribution in [0.4, 0.5) is 0 Å². The van der Waals surface area contributed by atoms with Gasteiger partial charge in [0.15, 0.2) is 0 Å². The normalized spacial score (nSPS) is 12.6. The van der Waals surface area contributed by atoms with Crippen LogP contribution in [0.2, 0.25) is 0 Å². The van der Waals surface area contributed by atoms with Crippen molar-refractivity contribution in [3.63, 3.8) is 0 Å². The number of aryl methyl sites for hydroxylation is 2. The van der Waals surface area contributed by atoms with Gasteiger partial charge < -0.3 is 5.73 Å². The van der Waals surface area contributed by atoms with Crippen LogP contribution in [-0.4, -0.2) is 16.3 Å². The van der Waals surface area contributed by atoms with Crippen LogP contribution in [0.25, 0.3) is 0 Å². The first kappa shape index (κ1) is 13.3. The lowest BCUT2D eigenvalue weighted by Gasteiger charge is -2.15. The molecule has 0 radical (unpaired) electrons. The molecule has 0 saturated heterocycles. The van der Waals surface area contributed by atoms with Gasteiger partial charge in [0.1, 0.15) is 0 Å². The summed E-state index contributed by atoms with van der Waals surface area (Å²) >= 11 is 3.51. The van der Waals surface area contributed by atoms with Crippen LogP contribution in [0.3, 0.4) is 0 Å². The fourth-order valence-corrected chi connectivity index (χ4v) is 2.57. The number of benzene rings is 1. The molecule has 0 fully saturated rings. The Bertz CT molecular complexity index is 507. The van der Waals surface area contributed by atoms with E-state index in [9.17, 15) is 0 Å². The van der Waals surface area contributed by atoms with E-state index < -0.39 is 0 Å². The molecular formula is C14H18BrN3. The smallest absolute Gasteiger partial charge is 0.0492 e. The Morgan fingerprint density at radius 2 is 2.22 bits per heavy atom. The number of hydrogen-bond acceptors (Lipinski definition) is 2. The first-order valence-corrected chi connectivity index (χ1v) is 6.92. The zero-order valence-electron chi connectivity index (χ0n) is 10.5. The Labute approximate surface area is 116 Å². The first-order chi connectivity index (χ1) is 8.70. The van der Waals surface area contributed by atoms with Crippen molar-refractivity contribution in [3.05, 3.63) is 52.3 Å². The lowest BCUT2D eigenvalue weighted by molar-refractivity contribution is 0.603. The van der Waals surface area contributed by atoms with Gasteiger partial charge in [0, 0.05) is 23.4 Å². The molecule has 2 N–H and O–H groups in total. The Morgan fingerprint density at radius 3 is 2.83 bits per heavy atom. The van der Waals surface area contributed by atoms with Crippen LogP contribution >= 0.6 is 15.9 Å². The lowest BCUT2D eigenvalue weighted by atomic mass is 9.94. The minimum Gasteiger partial charge on any atom is -0.330 e. The number of nitrogens with two attached hydrogens (primary N) is 1. The SMILES string of the molecule is Cn1nccc1CCC(CN)c1cccc(Br)c1. The summed E-state index contributed by atoms with van der Waals surface area (Å²) in [6.07, 6.45) is 3.89. The molecule has 1 heterocycles. The predicted molar refractivity (Wildman–Crippen MR) is 77.5 cm³/mol.